The summed E-state index contributed by atoms with van der Waals surface area (Å²) in [6.07, 6.45) is 0.758. The third-order valence-electron chi connectivity index (χ3n) is 3.09. The van der Waals surface area contributed by atoms with Gasteiger partial charge in [0.05, 0.1) is 11.5 Å². The van der Waals surface area contributed by atoms with Gasteiger partial charge >= 0.3 is 0 Å². The van der Waals surface area contributed by atoms with Gasteiger partial charge in [-0.3, -0.25) is 0 Å². The first kappa shape index (κ1) is 12.9. The van der Waals surface area contributed by atoms with Crippen LogP contribution in [0.5, 0.6) is 0 Å². The fourth-order valence-corrected chi connectivity index (χ4v) is 3.06. The summed E-state index contributed by atoms with van der Waals surface area (Å²) in [4.78, 5) is 2.22. The minimum atomic E-state index is -2.78. The summed E-state index contributed by atoms with van der Waals surface area (Å²) in [6, 6.07) is 0.171. The largest absolute Gasteiger partial charge is 0.328 e. The molecule has 1 aliphatic rings. The predicted molar refractivity (Wildman–Crippen MR) is 62.5 cm³/mol. The second-order valence-electron chi connectivity index (χ2n) is 4.64. The lowest BCUT2D eigenvalue weighted by atomic mass is 10.0. The molecule has 0 aliphatic carbocycles. The quantitative estimate of drug-likeness (QED) is 0.752. The van der Waals surface area contributed by atoms with Gasteiger partial charge in [-0.2, -0.15) is 0 Å². The van der Waals surface area contributed by atoms with Crippen molar-refractivity contribution >= 4 is 9.84 Å². The lowest BCUT2D eigenvalue weighted by Crippen LogP contribution is -2.37. The van der Waals surface area contributed by atoms with Gasteiger partial charge in [0, 0.05) is 19.1 Å². The Morgan fingerprint density at radius 1 is 1.27 bits per heavy atom. The monoisotopic (exact) mass is 234 g/mol. The van der Waals surface area contributed by atoms with Gasteiger partial charge in [-0.25, -0.2) is 8.42 Å². The molecule has 0 spiro atoms. The predicted octanol–water partition coefficient (Wildman–Crippen LogP) is 0.0902. The Balaban J connectivity index is 2.45. The van der Waals surface area contributed by atoms with Crippen molar-refractivity contribution < 1.29 is 8.42 Å². The van der Waals surface area contributed by atoms with Gasteiger partial charge in [-0.15, -0.1) is 0 Å². The van der Waals surface area contributed by atoms with E-state index in [4.69, 9.17) is 5.73 Å². The maximum absolute atomic E-state index is 11.4. The van der Waals surface area contributed by atoms with Gasteiger partial charge in [0.15, 0.2) is 9.84 Å². The number of nitrogens with zero attached hydrogens (tertiary/aromatic N) is 1. The standard InChI is InChI=1S/C10H22N2O2S/c1-9(10(2)11)8-12-4-3-6-15(13,14)7-5-12/h9-10H,3-8,11H2,1-2H3. The lowest BCUT2D eigenvalue weighted by Gasteiger charge is -2.25. The maximum Gasteiger partial charge on any atom is 0.151 e. The minimum absolute atomic E-state index is 0.171. The molecule has 0 amide bonds. The molecule has 0 aromatic heterocycles. The van der Waals surface area contributed by atoms with E-state index in [9.17, 15) is 8.42 Å². The summed E-state index contributed by atoms with van der Waals surface area (Å²) in [5, 5.41) is 0. The smallest absolute Gasteiger partial charge is 0.151 e. The lowest BCUT2D eigenvalue weighted by molar-refractivity contribution is 0.240. The van der Waals surface area contributed by atoms with Gasteiger partial charge in [0.2, 0.25) is 0 Å². The van der Waals surface area contributed by atoms with Crippen LogP contribution in [0.3, 0.4) is 0 Å². The van der Waals surface area contributed by atoms with Crippen LogP contribution in [0.2, 0.25) is 0 Å². The summed E-state index contributed by atoms with van der Waals surface area (Å²) >= 11 is 0. The molecular formula is C10H22N2O2S. The van der Waals surface area contributed by atoms with Crippen LogP contribution in [0.25, 0.3) is 0 Å². The third-order valence-corrected chi connectivity index (χ3v) is 4.81. The molecule has 5 heteroatoms. The van der Waals surface area contributed by atoms with Crippen LogP contribution < -0.4 is 5.73 Å². The summed E-state index contributed by atoms with van der Waals surface area (Å²) in [7, 11) is -2.78. The molecule has 0 aromatic carbocycles. The molecule has 1 fully saturated rings. The van der Waals surface area contributed by atoms with Crippen molar-refractivity contribution in [3.8, 4) is 0 Å². The van der Waals surface area contributed by atoms with E-state index in [1.807, 2.05) is 6.92 Å². The van der Waals surface area contributed by atoms with E-state index in [1.165, 1.54) is 0 Å². The molecule has 1 heterocycles. The second-order valence-corrected chi connectivity index (χ2v) is 6.95. The Labute approximate surface area is 92.7 Å². The summed E-state index contributed by atoms with van der Waals surface area (Å²) in [6.45, 7) is 6.58. The van der Waals surface area contributed by atoms with Crippen LogP contribution in [-0.4, -0.2) is 50.5 Å². The maximum atomic E-state index is 11.4. The molecule has 0 bridgehead atoms. The van der Waals surface area contributed by atoms with Crippen LogP contribution in [0, 0.1) is 5.92 Å². The number of hydrogen-bond donors (Lipinski definition) is 1. The van der Waals surface area contributed by atoms with E-state index in [1.54, 1.807) is 0 Å². The highest BCUT2D eigenvalue weighted by atomic mass is 32.2. The van der Waals surface area contributed by atoms with Crippen molar-refractivity contribution in [1.29, 1.82) is 0 Å². The van der Waals surface area contributed by atoms with Gasteiger partial charge in [-0.1, -0.05) is 6.92 Å². The van der Waals surface area contributed by atoms with Gasteiger partial charge in [0.1, 0.15) is 0 Å². The van der Waals surface area contributed by atoms with Crippen LogP contribution in [0.15, 0.2) is 0 Å². The minimum Gasteiger partial charge on any atom is -0.328 e. The zero-order valence-electron chi connectivity index (χ0n) is 9.65. The summed E-state index contributed by atoms with van der Waals surface area (Å²) in [5.41, 5.74) is 5.80. The van der Waals surface area contributed by atoms with Crippen LogP contribution in [0.1, 0.15) is 20.3 Å². The van der Waals surface area contributed by atoms with Crippen molar-refractivity contribution in [1.82, 2.24) is 4.90 Å². The van der Waals surface area contributed by atoms with E-state index < -0.39 is 9.84 Å². The van der Waals surface area contributed by atoms with Crippen molar-refractivity contribution in [2.45, 2.75) is 26.3 Å². The third kappa shape index (κ3) is 4.49. The van der Waals surface area contributed by atoms with Crippen molar-refractivity contribution in [3.63, 3.8) is 0 Å². The van der Waals surface area contributed by atoms with Gasteiger partial charge < -0.3 is 10.6 Å². The summed E-state index contributed by atoms with van der Waals surface area (Å²) in [5.74, 6) is 1.07. The Bertz CT molecular complexity index is 288. The van der Waals surface area contributed by atoms with Gasteiger partial charge in [0.25, 0.3) is 0 Å². The molecule has 1 saturated heterocycles. The molecule has 90 valence electrons. The highest BCUT2D eigenvalue weighted by molar-refractivity contribution is 7.91. The van der Waals surface area contributed by atoms with E-state index in [2.05, 4.69) is 11.8 Å². The first-order valence-corrected chi connectivity index (χ1v) is 7.41. The molecule has 2 N–H and O–H groups in total. The zero-order valence-corrected chi connectivity index (χ0v) is 10.5. The van der Waals surface area contributed by atoms with Crippen LogP contribution in [-0.2, 0) is 9.84 Å². The first-order valence-electron chi connectivity index (χ1n) is 5.59. The Kier molecular flexibility index (Phi) is 4.55. The SMILES string of the molecule is CC(N)C(C)CN1CCCS(=O)(=O)CC1. The fraction of sp³-hybridized carbons (Fsp3) is 1.00. The first-order chi connectivity index (χ1) is 6.91. The molecule has 15 heavy (non-hydrogen) atoms. The Morgan fingerprint density at radius 2 is 1.93 bits per heavy atom. The van der Waals surface area contributed by atoms with E-state index in [0.717, 1.165) is 19.5 Å². The van der Waals surface area contributed by atoms with E-state index in [-0.39, 0.29) is 6.04 Å². The number of hydrogen-bond acceptors (Lipinski definition) is 4. The van der Waals surface area contributed by atoms with E-state index >= 15 is 0 Å². The molecule has 0 radical (unpaired) electrons. The van der Waals surface area contributed by atoms with Crippen molar-refractivity contribution in [2.75, 3.05) is 31.1 Å². The topological polar surface area (TPSA) is 63.4 Å². The molecule has 2 atom stereocenters. The second kappa shape index (κ2) is 5.27. The fourth-order valence-electron chi connectivity index (χ4n) is 1.75. The zero-order chi connectivity index (χ0) is 11.5. The van der Waals surface area contributed by atoms with Crippen LogP contribution >= 0.6 is 0 Å². The number of nitrogens with two attached hydrogens (primary N) is 1. The van der Waals surface area contributed by atoms with Crippen molar-refractivity contribution in [2.24, 2.45) is 11.7 Å². The molecule has 0 saturated carbocycles. The summed E-state index contributed by atoms with van der Waals surface area (Å²) < 4.78 is 22.8. The molecule has 2 unspecified atom stereocenters. The molecule has 0 aromatic rings. The number of sulfone groups is 1. The van der Waals surface area contributed by atoms with Crippen molar-refractivity contribution in [3.05, 3.63) is 0 Å². The molecular weight excluding hydrogens is 212 g/mol. The average Bonchev–Trinajstić information content (AvgIpc) is 2.28. The van der Waals surface area contributed by atoms with Gasteiger partial charge in [-0.05, 0) is 25.8 Å². The van der Waals surface area contributed by atoms with E-state index in [0.29, 0.717) is 24.0 Å². The van der Waals surface area contributed by atoms with Crippen LogP contribution in [0.4, 0.5) is 0 Å². The average molecular weight is 234 g/mol. The normalized spacial score (nSPS) is 26.9. The molecule has 1 rings (SSSR count). The highest BCUT2D eigenvalue weighted by Gasteiger charge is 2.20. The highest BCUT2D eigenvalue weighted by Crippen LogP contribution is 2.09. The molecule has 4 nitrogen and oxygen atoms in total. The Morgan fingerprint density at radius 3 is 2.53 bits per heavy atom. The number of rotatable bonds is 3. The Hall–Kier alpha value is -0.130. The molecule has 1 aliphatic heterocycles.